The topological polar surface area (TPSA) is 53.9 Å². The molecule has 19 heavy (non-hydrogen) atoms. The maximum atomic E-state index is 10.3. The second-order valence-corrected chi connectivity index (χ2v) is 5.69. The highest BCUT2D eigenvalue weighted by Gasteiger charge is 2.40. The molecule has 4 heteroatoms. The maximum absolute atomic E-state index is 10.3. The minimum absolute atomic E-state index is 0.293. The van der Waals surface area contributed by atoms with E-state index < -0.39 is 5.72 Å². The van der Waals surface area contributed by atoms with Crippen molar-refractivity contribution in [3.8, 4) is 0 Å². The van der Waals surface area contributed by atoms with E-state index in [0.29, 0.717) is 11.9 Å². The van der Waals surface area contributed by atoms with Crippen molar-refractivity contribution in [2.24, 2.45) is 10.9 Å². The van der Waals surface area contributed by atoms with Crippen LogP contribution in [0.3, 0.4) is 0 Å². The molecule has 1 aromatic carbocycles. The number of aliphatic imine (C=N–C) groups is 1. The standard InChI is InChI=1S/C15H22N2O2/c1-10(2)9-13-15(4,18)17-14(19-13)16-12-8-6-5-7-11(12)3/h5-8,10,13,18H,9H2,1-4H3,(H,16,17). The van der Waals surface area contributed by atoms with E-state index in [1.807, 2.05) is 31.2 Å². The van der Waals surface area contributed by atoms with Crippen molar-refractivity contribution < 1.29 is 9.84 Å². The molecule has 2 unspecified atom stereocenters. The Labute approximate surface area is 114 Å². The molecular formula is C15H22N2O2. The molecule has 0 radical (unpaired) electrons. The third-order valence-corrected chi connectivity index (χ3v) is 3.26. The van der Waals surface area contributed by atoms with Gasteiger partial charge in [0.2, 0.25) is 0 Å². The number of aryl methyl sites for hydroxylation is 1. The van der Waals surface area contributed by atoms with Crippen molar-refractivity contribution in [1.29, 1.82) is 0 Å². The van der Waals surface area contributed by atoms with Crippen LogP contribution in [0.15, 0.2) is 29.3 Å². The van der Waals surface area contributed by atoms with E-state index >= 15 is 0 Å². The Morgan fingerprint density at radius 3 is 2.74 bits per heavy atom. The molecule has 4 nitrogen and oxygen atoms in total. The molecule has 1 heterocycles. The molecule has 0 saturated heterocycles. The van der Waals surface area contributed by atoms with Crippen molar-refractivity contribution in [2.45, 2.75) is 45.9 Å². The van der Waals surface area contributed by atoms with Crippen LogP contribution in [-0.2, 0) is 4.74 Å². The van der Waals surface area contributed by atoms with E-state index in [9.17, 15) is 5.11 Å². The van der Waals surface area contributed by atoms with Crippen LogP contribution in [0.5, 0.6) is 0 Å². The van der Waals surface area contributed by atoms with Gasteiger partial charge < -0.3 is 15.2 Å². The second-order valence-electron chi connectivity index (χ2n) is 5.69. The number of ether oxygens (including phenoxy) is 1. The Bertz CT molecular complexity index is 481. The molecule has 0 amide bonds. The molecule has 1 aliphatic heterocycles. The van der Waals surface area contributed by atoms with E-state index in [-0.39, 0.29) is 6.10 Å². The maximum Gasteiger partial charge on any atom is 0.292 e. The summed E-state index contributed by atoms with van der Waals surface area (Å²) in [6, 6.07) is 8.31. The summed E-state index contributed by atoms with van der Waals surface area (Å²) in [5.74, 6) is 0.449. The number of para-hydroxylation sites is 1. The molecule has 0 bridgehead atoms. The highest BCUT2D eigenvalue weighted by Crippen LogP contribution is 2.28. The first-order chi connectivity index (χ1) is 8.88. The van der Waals surface area contributed by atoms with E-state index in [1.165, 1.54) is 0 Å². The molecule has 2 rings (SSSR count). The SMILES string of the molecule is Cc1ccccc1NC1=NC(C)(O)C(CC(C)C)O1. The van der Waals surface area contributed by atoms with Crippen molar-refractivity contribution in [2.75, 3.05) is 5.32 Å². The Balaban J connectivity index is 2.09. The third-order valence-electron chi connectivity index (χ3n) is 3.26. The molecule has 1 aliphatic rings. The molecule has 2 atom stereocenters. The Morgan fingerprint density at radius 1 is 1.42 bits per heavy atom. The van der Waals surface area contributed by atoms with Crippen LogP contribution in [0.2, 0.25) is 0 Å². The Kier molecular flexibility index (Phi) is 3.80. The lowest BCUT2D eigenvalue weighted by Gasteiger charge is -2.23. The largest absolute Gasteiger partial charge is 0.456 e. The van der Waals surface area contributed by atoms with E-state index in [1.54, 1.807) is 6.92 Å². The number of anilines is 1. The number of amidine groups is 1. The number of aliphatic hydroxyl groups is 1. The molecule has 0 fully saturated rings. The average Bonchev–Trinajstić information content (AvgIpc) is 2.56. The zero-order chi connectivity index (χ0) is 14.0. The van der Waals surface area contributed by atoms with E-state index in [0.717, 1.165) is 17.7 Å². The van der Waals surface area contributed by atoms with Gasteiger partial charge in [0.15, 0.2) is 11.8 Å². The van der Waals surface area contributed by atoms with Gasteiger partial charge in [-0.15, -0.1) is 0 Å². The van der Waals surface area contributed by atoms with Crippen LogP contribution < -0.4 is 5.32 Å². The first kappa shape index (κ1) is 13.9. The van der Waals surface area contributed by atoms with Gasteiger partial charge in [0.05, 0.1) is 0 Å². The summed E-state index contributed by atoms with van der Waals surface area (Å²) < 4.78 is 5.74. The lowest BCUT2D eigenvalue weighted by atomic mass is 9.99. The summed E-state index contributed by atoms with van der Waals surface area (Å²) in [5.41, 5.74) is 0.901. The van der Waals surface area contributed by atoms with Crippen molar-refractivity contribution in [3.63, 3.8) is 0 Å². The molecule has 0 saturated carbocycles. The number of nitrogens with one attached hydrogen (secondary N) is 1. The van der Waals surface area contributed by atoms with Crippen molar-refractivity contribution in [1.82, 2.24) is 0 Å². The minimum atomic E-state index is -1.16. The summed E-state index contributed by atoms with van der Waals surface area (Å²) >= 11 is 0. The van der Waals surface area contributed by atoms with Crippen molar-refractivity contribution >= 4 is 11.7 Å². The Hall–Kier alpha value is -1.55. The third kappa shape index (κ3) is 3.26. The van der Waals surface area contributed by atoms with Crippen LogP contribution in [0.25, 0.3) is 0 Å². The van der Waals surface area contributed by atoms with Gasteiger partial charge in [-0.2, -0.15) is 4.99 Å². The van der Waals surface area contributed by atoms with Gasteiger partial charge in [-0.3, -0.25) is 0 Å². The number of hydrogen-bond donors (Lipinski definition) is 2. The highest BCUT2D eigenvalue weighted by atomic mass is 16.5. The molecule has 2 N–H and O–H groups in total. The zero-order valence-corrected chi connectivity index (χ0v) is 12.0. The number of hydrogen-bond acceptors (Lipinski definition) is 4. The summed E-state index contributed by atoms with van der Waals surface area (Å²) in [5, 5.41) is 13.4. The first-order valence-corrected chi connectivity index (χ1v) is 6.70. The van der Waals surface area contributed by atoms with E-state index in [2.05, 4.69) is 24.2 Å². The van der Waals surface area contributed by atoms with E-state index in [4.69, 9.17) is 4.74 Å². The fourth-order valence-electron chi connectivity index (χ4n) is 2.14. The lowest BCUT2D eigenvalue weighted by Crippen LogP contribution is -2.35. The summed E-state index contributed by atoms with van der Waals surface area (Å²) in [4.78, 5) is 4.23. The molecular weight excluding hydrogens is 240 g/mol. The summed E-state index contributed by atoms with van der Waals surface area (Å²) in [7, 11) is 0. The van der Waals surface area contributed by atoms with Crippen LogP contribution in [-0.4, -0.2) is 23.0 Å². The monoisotopic (exact) mass is 262 g/mol. The quantitative estimate of drug-likeness (QED) is 0.880. The second kappa shape index (κ2) is 5.21. The molecule has 1 aromatic rings. The highest BCUT2D eigenvalue weighted by molar-refractivity contribution is 5.91. The summed E-state index contributed by atoms with van der Waals surface area (Å²) in [6.45, 7) is 7.91. The van der Waals surface area contributed by atoms with Crippen molar-refractivity contribution in [3.05, 3.63) is 29.8 Å². The molecule has 104 valence electrons. The molecule has 0 aliphatic carbocycles. The first-order valence-electron chi connectivity index (χ1n) is 6.70. The van der Waals surface area contributed by atoms with Gasteiger partial charge in [-0.1, -0.05) is 32.0 Å². The molecule has 0 aromatic heterocycles. The predicted octanol–water partition coefficient (Wildman–Crippen LogP) is 2.92. The van der Waals surface area contributed by atoms with Gasteiger partial charge in [0, 0.05) is 5.69 Å². The minimum Gasteiger partial charge on any atom is -0.456 e. The van der Waals surface area contributed by atoms with Gasteiger partial charge in [-0.05, 0) is 37.8 Å². The Morgan fingerprint density at radius 2 is 2.11 bits per heavy atom. The average molecular weight is 262 g/mol. The number of rotatable bonds is 3. The van der Waals surface area contributed by atoms with Gasteiger partial charge in [0.1, 0.15) is 0 Å². The number of nitrogens with zero attached hydrogens (tertiary/aromatic N) is 1. The van der Waals surface area contributed by atoms with Crippen LogP contribution in [0.4, 0.5) is 5.69 Å². The summed E-state index contributed by atoms with van der Waals surface area (Å²) in [6.07, 6.45) is 0.481. The van der Waals surface area contributed by atoms with Crippen LogP contribution >= 0.6 is 0 Å². The molecule has 0 spiro atoms. The van der Waals surface area contributed by atoms with Gasteiger partial charge in [-0.25, -0.2) is 0 Å². The fraction of sp³-hybridized carbons (Fsp3) is 0.533. The smallest absolute Gasteiger partial charge is 0.292 e. The van der Waals surface area contributed by atoms with Gasteiger partial charge in [0.25, 0.3) is 6.02 Å². The fourth-order valence-corrected chi connectivity index (χ4v) is 2.14. The van der Waals surface area contributed by atoms with Crippen LogP contribution in [0, 0.1) is 12.8 Å². The zero-order valence-electron chi connectivity index (χ0n) is 12.0. The normalized spacial score (nSPS) is 26.2. The van der Waals surface area contributed by atoms with Crippen LogP contribution in [0.1, 0.15) is 32.8 Å². The lowest BCUT2D eigenvalue weighted by molar-refractivity contribution is -0.0295. The number of benzene rings is 1. The predicted molar refractivity (Wildman–Crippen MR) is 77.2 cm³/mol. The van der Waals surface area contributed by atoms with Gasteiger partial charge >= 0.3 is 0 Å².